The van der Waals surface area contributed by atoms with E-state index in [2.05, 4.69) is 17.3 Å². The molecule has 2 rings (SSSR count). The Labute approximate surface area is 93.2 Å². The highest BCUT2D eigenvalue weighted by atomic mass is 16.5. The molecule has 0 aromatic heterocycles. The molecule has 2 aliphatic rings. The maximum Gasteiger partial charge on any atom is 0.0620 e. The van der Waals surface area contributed by atoms with Crippen molar-refractivity contribution in [1.29, 1.82) is 0 Å². The van der Waals surface area contributed by atoms with Gasteiger partial charge in [0.25, 0.3) is 0 Å². The average Bonchev–Trinajstić information content (AvgIpc) is 2.22. The fraction of sp³-hybridized carbons (Fsp3) is 1.00. The molecule has 1 aliphatic carbocycles. The van der Waals surface area contributed by atoms with Crippen LogP contribution in [0.1, 0.15) is 25.7 Å². The smallest absolute Gasteiger partial charge is 0.0620 e. The normalized spacial score (nSPS) is 28.0. The van der Waals surface area contributed by atoms with Crippen molar-refractivity contribution in [2.24, 2.45) is 5.92 Å². The third-order valence-corrected chi connectivity index (χ3v) is 3.65. The molecule has 0 amide bonds. The van der Waals surface area contributed by atoms with Gasteiger partial charge in [-0.15, -0.1) is 0 Å². The summed E-state index contributed by atoms with van der Waals surface area (Å²) in [6.45, 7) is 5.31. The van der Waals surface area contributed by atoms with Crippen molar-refractivity contribution in [3.63, 3.8) is 0 Å². The van der Waals surface area contributed by atoms with Gasteiger partial charge in [0, 0.05) is 19.1 Å². The molecule has 0 bridgehead atoms. The van der Waals surface area contributed by atoms with Crippen LogP contribution in [0, 0.1) is 5.92 Å². The summed E-state index contributed by atoms with van der Waals surface area (Å²) in [6, 6.07) is 0.586. The topological polar surface area (TPSA) is 24.5 Å². The third kappa shape index (κ3) is 3.74. The molecule has 15 heavy (non-hydrogen) atoms. The van der Waals surface area contributed by atoms with Gasteiger partial charge in [-0.05, 0) is 38.8 Å². The van der Waals surface area contributed by atoms with E-state index in [0.29, 0.717) is 6.04 Å². The SMILES string of the molecule is CN(CCC1COCCN1)CC1CCC1. The van der Waals surface area contributed by atoms with Crippen LogP contribution < -0.4 is 5.32 Å². The minimum absolute atomic E-state index is 0.586. The minimum atomic E-state index is 0.586. The van der Waals surface area contributed by atoms with E-state index in [1.54, 1.807) is 0 Å². The van der Waals surface area contributed by atoms with Crippen LogP contribution in [0.25, 0.3) is 0 Å². The van der Waals surface area contributed by atoms with Crippen LogP contribution in [-0.4, -0.2) is 50.8 Å². The van der Waals surface area contributed by atoms with E-state index in [0.717, 1.165) is 25.7 Å². The van der Waals surface area contributed by atoms with E-state index in [1.807, 2.05) is 0 Å². The summed E-state index contributed by atoms with van der Waals surface area (Å²) in [5, 5.41) is 3.50. The van der Waals surface area contributed by atoms with Crippen LogP contribution in [0.3, 0.4) is 0 Å². The highest BCUT2D eigenvalue weighted by Gasteiger charge is 2.19. The van der Waals surface area contributed by atoms with E-state index in [9.17, 15) is 0 Å². The lowest BCUT2D eigenvalue weighted by atomic mass is 9.85. The highest BCUT2D eigenvalue weighted by Crippen LogP contribution is 2.26. The number of nitrogens with one attached hydrogen (secondary N) is 1. The van der Waals surface area contributed by atoms with Crippen molar-refractivity contribution in [3.05, 3.63) is 0 Å². The first-order valence-electron chi connectivity index (χ1n) is 6.34. The fourth-order valence-corrected chi connectivity index (χ4v) is 2.39. The fourth-order valence-electron chi connectivity index (χ4n) is 2.39. The van der Waals surface area contributed by atoms with Crippen molar-refractivity contribution in [3.8, 4) is 0 Å². The first-order chi connectivity index (χ1) is 7.34. The predicted molar refractivity (Wildman–Crippen MR) is 62.1 cm³/mol. The summed E-state index contributed by atoms with van der Waals surface area (Å²) in [5.41, 5.74) is 0. The van der Waals surface area contributed by atoms with Gasteiger partial charge in [0.05, 0.1) is 13.2 Å². The van der Waals surface area contributed by atoms with Gasteiger partial charge in [0.1, 0.15) is 0 Å². The number of hydrogen-bond donors (Lipinski definition) is 1. The molecule has 0 radical (unpaired) electrons. The van der Waals surface area contributed by atoms with Gasteiger partial charge in [-0.25, -0.2) is 0 Å². The zero-order valence-electron chi connectivity index (χ0n) is 9.87. The second-order valence-electron chi connectivity index (χ2n) is 5.07. The average molecular weight is 212 g/mol. The van der Waals surface area contributed by atoms with E-state index < -0.39 is 0 Å². The summed E-state index contributed by atoms with van der Waals surface area (Å²) >= 11 is 0. The molecule has 1 aliphatic heterocycles. The van der Waals surface area contributed by atoms with Crippen molar-refractivity contribution < 1.29 is 4.74 Å². The Balaban J connectivity index is 1.55. The summed E-state index contributed by atoms with van der Waals surface area (Å²) < 4.78 is 5.45. The Kier molecular flexibility index (Phi) is 4.42. The second-order valence-corrected chi connectivity index (χ2v) is 5.07. The van der Waals surface area contributed by atoms with Crippen LogP contribution >= 0.6 is 0 Å². The molecule has 1 N–H and O–H groups in total. The van der Waals surface area contributed by atoms with Crippen molar-refractivity contribution >= 4 is 0 Å². The molecule has 1 saturated carbocycles. The van der Waals surface area contributed by atoms with Crippen LogP contribution in [0.2, 0.25) is 0 Å². The number of rotatable bonds is 5. The first kappa shape index (κ1) is 11.4. The van der Waals surface area contributed by atoms with Gasteiger partial charge in [0.2, 0.25) is 0 Å². The molecule has 0 aromatic rings. The van der Waals surface area contributed by atoms with E-state index >= 15 is 0 Å². The number of nitrogens with zero attached hydrogens (tertiary/aromatic N) is 1. The maximum absolute atomic E-state index is 5.45. The largest absolute Gasteiger partial charge is 0.379 e. The molecular weight excluding hydrogens is 188 g/mol. The maximum atomic E-state index is 5.45. The van der Waals surface area contributed by atoms with Crippen molar-refractivity contribution in [1.82, 2.24) is 10.2 Å². The number of morpholine rings is 1. The second kappa shape index (κ2) is 5.83. The summed E-state index contributed by atoms with van der Waals surface area (Å²) in [7, 11) is 2.25. The Bertz CT molecular complexity index is 176. The first-order valence-corrected chi connectivity index (χ1v) is 6.34. The van der Waals surface area contributed by atoms with Crippen molar-refractivity contribution in [2.45, 2.75) is 31.7 Å². The van der Waals surface area contributed by atoms with Crippen LogP contribution in [0.5, 0.6) is 0 Å². The minimum Gasteiger partial charge on any atom is -0.379 e. The molecule has 1 unspecified atom stereocenters. The van der Waals surface area contributed by atoms with Gasteiger partial charge in [0.15, 0.2) is 0 Å². The third-order valence-electron chi connectivity index (χ3n) is 3.65. The van der Waals surface area contributed by atoms with Crippen molar-refractivity contribution in [2.75, 3.05) is 39.9 Å². The van der Waals surface area contributed by atoms with Crippen LogP contribution in [0.4, 0.5) is 0 Å². The lowest BCUT2D eigenvalue weighted by Crippen LogP contribution is -2.43. The Morgan fingerprint density at radius 1 is 1.40 bits per heavy atom. The molecule has 88 valence electrons. The molecule has 3 nitrogen and oxygen atoms in total. The molecule has 3 heteroatoms. The summed E-state index contributed by atoms with van der Waals surface area (Å²) in [6.07, 6.45) is 5.59. The van der Waals surface area contributed by atoms with Gasteiger partial charge in [-0.3, -0.25) is 0 Å². The van der Waals surface area contributed by atoms with Gasteiger partial charge < -0.3 is 15.0 Å². The zero-order chi connectivity index (χ0) is 10.5. The van der Waals surface area contributed by atoms with Gasteiger partial charge >= 0.3 is 0 Å². The number of ether oxygens (including phenoxy) is 1. The zero-order valence-corrected chi connectivity index (χ0v) is 9.87. The molecule has 0 aromatic carbocycles. The van der Waals surface area contributed by atoms with E-state index in [1.165, 1.54) is 38.8 Å². The number of hydrogen-bond acceptors (Lipinski definition) is 3. The van der Waals surface area contributed by atoms with Gasteiger partial charge in [-0.1, -0.05) is 6.42 Å². The molecule has 1 heterocycles. The predicted octanol–water partition coefficient (Wildman–Crippen LogP) is 1.10. The van der Waals surface area contributed by atoms with E-state index in [-0.39, 0.29) is 0 Å². The molecule has 1 saturated heterocycles. The Hall–Kier alpha value is -0.120. The molecule has 1 atom stereocenters. The Morgan fingerprint density at radius 3 is 2.87 bits per heavy atom. The lowest BCUT2D eigenvalue weighted by Gasteiger charge is -2.31. The van der Waals surface area contributed by atoms with E-state index in [4.69, 9.17) is 4.74 Å². The molecule has 0 spiro atoms. The quantitative estimate of drug-likeness (QED) is 0.738. The summed E-state index contributed by atoms with van der Waals surface area (Å²) in [5.74, 6) is 0.991. The van der Waals surface area contributed by atoms with Crippen LogP contribution in [-0.2, 0) is 4.74 Å². The Morgan fingerprint density at radius 2 is 2.27 bits per heavy atom. The standard InChI is InChI=1S/C12H24N2O/c1-14(9-11-3-2-4-11)7-5-12-10-15-8-6-13-12/h11-13H,2-10H2,1H3. The monoisotopic (exact) mass is 212 g/mol. The lowest BCUT2D eigenvalue weighted by molar-refractivity contribution is 0.0696. The highest BCUT2D eigenvalue weighted by molar-refractivity contribution is 4.75. The molecule has 2 fully saturated rings. The van der Waals surface area contributed by atoms with Gasteiger partial charge in [-0.2, -0.15) is 0 Å². The molecular formula is C12H24N2O. The summed E-state index contributed by atoms with van der Waals surface area (Å²) in [4.78, 5) is 2.49. The van der Waals surface area contributed by atoms with Crippen LogP contribution in [0.15, 0.2) is 0 Å².